The van der Waals surface area contributed by atoms with E-state index in [4.69, 9.17) is 10.5 Å². The van der Waals surface area contributed by atoms with Crippen molar-refractivity contribution in [3.05, 3.63) is 20.8 Å². The molecule has 0 bridgehead atoms. The number of rotatable bonds is 10. The van der Waals surface area contributed by atoms with E-state index < -0.39 is 32.2 Å². The topological polar surface area (TPSA) is 145 Å². The maximum atomic E-state index is 12.9. The van der Waals surface area contributed by atoms with E-state index in [1.165, 1.54) is 11.7 Å². The van der Waals surface area contributed by atoms with E-state index in [9.17, 15) is 22.8 Å². The second kappa shape index (κ2) is 10.1. The Kier molecular flexibility index (Phi) is 8.03. The van der Waals surface area contributed by atoms with E-state index >= 15 is 0 Å². The fraction of sp³-hybridized carbons (Fsp3) is 0.722. The molecule has 10 nitrogen and oxygen atoms in total. The van der Waals surface area contributed by atoms with Crippen molar-refractivity contribution >= 4 is 27.2 Å². The molecule has 1 aliphatic carbocycles. The first-order valence-electron chi connectivity index (χ1n) is 9.86. The molecule has 0 saturated heterocycles. The zero-order chi connectivity index (χ0) is 21.6. The van der Waals surface area contributed by atoms with Crippen molar-refractivity contribution in [3.63, 3.8) is 0 Å². The molecular formula is C18H30N4O6S. The second-order valence-corrected chi connectivity index (χ2v) is 9.61. The Hall–Kier alpha value is -2.14. The zero-order valence-corrected chi connectivity index (χ0v) is 17.8. The fourth-order valence-corrected chi connectivity index (χ4v) is 5.45. The summed E-state index contributed by atoms with van der Waals surface area (Å²) < 4.78 is 31.2. The maximum absolute atomic E-state index is 12.9. The van der Waals surface area contributed by atoms with Crippen LogP contribution in [-0.4, -0.2) is 55.1 Å². The second-order valence-electron chi connectivity index (χ2n) is 7.21. The summed E-state index contributed by atoms with van der Waals surface area (Å²) in [4.78, 5) is 40.6. The SMILES string of the molecule is CCCn1c(N)c(N(CCOC)C(=O)CCS(=O)(=O)C2CCCC2)c(=O)[nH]c1=O. The third-order valence-corrected chi connectivity index (χ3v) is 7.42. The molecule has 0 atom stereocenters. The van der Waals surface area contributed by atoms with Gasteiger partial charge in [0.05, 0.1) is 17.6 Å². The number of carbonyl (C=O) groups excluding carboxylic acids is 1. The van der Waals surface area contributed by atoms with Crippen LogP contribution in [0.15, 0.2) is 9.59 Å². The minimum Gasteiger partial charge on any atom is -0.383 e. The highest BCUT2D eigenvalue weighted by atomic mass is 32.2. The Morgan fingerprint density at radius 3 is 2.55 bits per heavy atom. The van der Waals surface area contributed by atoms with Gasteiger partial charge in [-0.3, -0.25) is 19.1 Å². The molecule has 0 unspecified atom stereocenters. The monoisotopic (exact) mass is 430 g/mol. The molecule has 0 aromatic carbocycles. The number of nitrogens with two attached hydrogens (primary N) is 1. The molecule has 164 valence electrons. The molecule has 2 rings (SSSR count). The first-order valence-corrected chi connectivity index (χ1v) is 11.6. The number of hydrogen-bond donors (Lipinski definition) is 2. The Balaban J connectivity index is 2.31. The smallest absolute Gasteiger partial charge is 0.330 e. The van der Waals surface area contributed by atoms with Gasteiger partial charge in [0.2, 0.25) is 5.91 Å². The normalized spacial score (nSPS) is 15.0. The van der Waals surface area contributed by atoms with Crippen molar-refractivity contribution in [3.8, 4) is 0 Å². The number of carbonyl (C=O) groups is 1. The van der Waals surface area contributed by atoms with E-state index in [-0.39, 0.29) is 43.4 Å². The summed E-state index contributed by atoms with van der Waals surface area (Å²) in [5, 5.41) is -0.400. The predicted octanol–water partition coefficient (Wildman–Crippen LogP) is 0.256. The van der Waals surface area contributed by atoms with E-state index in [2.05, 4.69) is 4.98 Å². The number of anilines is 2. The molecule has 1 amide bonds. The molecule has 29 heavy (non-hydrogen) atoms. The van der Waals surface area contributed by atoms with Crippen LogP contribution in [0.5, 0.6) is 0 Å². The number of aromatic nitrogens is 2. The van der Waals surface area contributed by atoms with Crippen LogP contribution in [0.3, 0.4) is 0 Å². The van der Waals surface area contributed by atoms with Gasteiger partial charge >= 0.3 is 5.69 Å². The lowest BCUT2D eigenvalue weighted by Gasteiger charge is -2.24. The summed E-state index contributed by atoms with van der Waals surface area (Å²) in [7, 11) is -1.94. The van der Waals surface area contributed by atoms with Crippen molar-refractivity contribution in [2.45, 2.75) is 57.2 Å². The molecule has 11 heteroatoms. The third kappa shape index (κ3) is 5.47. The van der Waals surface area contributed by atoms with E-state index in [0.717, 1.165) is 17.7 Å². The maximum Gasteiger partial charge on any atom is 0.330 e. The van der Waals surface area contributed by atoms with Gasteiger partial charge in [0.25, 0.3) is 5.56 Å². The molecule has 3 N–H and O–H groups in total. The highest BCUT2D eigenvalue weighted by Crippen LogP contribution is 2.26. The number of ether oxygens (including phenoxy) is 1. The van der Waals surface area contributed by atoms with Gasteiger partial charge < -0.3 is 15.4 Å². The average molecular weight is 431 g/mol. The van der Waals surface area contributed by atoms with Crippen molar-refractivity contribution in [2.24, 2.45) is 0 Å². The summed E-state index contributed by atoms with van der Waals surface area (Å²) in [6.07, 6.45) is 3.33. The molecule has 1 aromatic rings. The van der Waals surface area contributed by atoms with E-state index in [0.29, 0.717) is 19.3 Å². The van der Waals surface area contributed by atoms with Crippen LogP contribution < -0.4 is 21.9 Å². The summed E-state index contributed by atoms with van der Waals surface area (Å²) >= 11 is 0. The summed E-state index contributed by atoms with van der Waals surface area (Å²) in [5.74, 6) is -0.960. The number of hydrogen-bond acceptors (Lipinski definition) is 7. The average Bonchev–Trinajstić information content (AvgIpc) is 3.21. The van der Waals surface area contributed by atoms with Crippen LogP contribution in [0.1, 0.15) is 45.4 Å². The van der Waals surface area contributed by atoms with Crippen LogP contribution >= 0.6 is 0 Å². The van der Waals surface area contributed by atoms with Gasteiger partial charge in [0, 0.05) is 26.6 Å². The standard InChI is InChI=1S/C18H30N4O6S/c1-3-9-22-16(19)15(17(24)20-18(22)25)21(10-11-28-2)14(23)8-12-29(26,27)13-6-4-5-7-13/h13H,3-12,19H2,1-2H3,(H,20,24,25). The number of methoxy groups -OCH3 is 1. The quantitative estimate of drug-likeness (QED) is 0.541. The first-order chi connectivity index (χ1) is 13.7. The lowest BCUT2D eigenvalue weighted by atomic mass is 10.3. The number of nitrogen functional groups attached to an aromatic ring is 1. The van der Waals surface area contributed by atoms with E-state index in [1.807, 2.05) is 6.92 Å². The van der Waals surface area contributed by atoms with Crippen molar-refractivity contribution in [1.82, 2.24) is 9.55 Å². The van der Waals surface area contributed by atoms with Crippen LogP contribution in [0.2, 0.25) is 0 Å². The van der Waals surface area contributed by atoms with Crippen molar-refractivity contribution in [2.75, 3.05) is 36.6 Å². The Morgan fingerprint density at radius 2 is 1.97 bits per heavy atom. The first kappa shape index (κ1) is 23.1. The van der Waals surface area contributed by atoms with Gasteiger partial charge in [0.15, 0.2) is 15.5 Å². The summed E-state index contributed by atoms with van der Waals surface area (Å²) in [6.45, 7) is 2.25. The number of sulfone groups is 1. The van der Waals surface area contributed by atoms with Gasteiger partial charge in [0.1, 0.15) is 5.82 Å². The Bertz CT molecular complexity index is 931. The van der Waals surface area contributed by atoms with Crippen LogP contribution in [0, 0.1) is 0 Å². The van der Waals surface area contributed by atoms with Crippen LogP contribution in [0.4, 0.5) is 11.5 Å². The molecule has 1 fully saturated rings. The Labute approximate surface area is 170 Å². The molecule has 0 spiro atoms. The largest absolute Gasteiger partial charge is 0.383 e. The number of nitrogens with one attached hydrogen (secondary N) is 1. The minimum absolute atomic E-state index is 0.0103. The summed E-state index contributed by atoms with van der Waals surface area (Å²) in [5.41, 5.74) is 4.46. The number of H-pyrrole nitrogens is 1. The van der Waals surface area contributed by atoms with Crippen LogP contribution in [0.25, 0.3) is 0 Å². The van der Waals surface area contributed by atoms with Crippen molar-refractivity contribution < 1.29 is 17.9 Å². The molecule has 1 saturated carbocycles. The highest BCUT2D eigenvalue weighted by Gasteiger charge is 2.31. The predicted molar refractivity (Wildman–Crippen MR) is 111 cm³/mol. The van der Waals surface area contributed by atoms with Gasteiger partial charge in [-0.25, -0.2) is 13.2 Å². The molecule has 0 aliphatic heterocycles. The Morgan fingerprint density at radius 1 is 1.31 bits per heavy atom. The molecule has 0 radical (unpaired) electrons. The lowest BCUT2D eigenvalue weighted by Crippen LogP contribution is -2.43. The minimum atomic E-state index is -3.39. The number of amides is 1. The third-order valence-electron chi connectivity index (χ3n) is 5.16. The van der Waals surface area contributed by atoms with Crippen LogP contribution in [-0.2, 0) is 25.9 Å². The lowest BCUT2D eigenvalue weighted by molar-refractivity contribution is -0.118. The number of aromatic amines is 1. The molecule has 1 heterocycles. The number of nitrogens with zero attached hydrogens (tertiary/aromatic N) is 2. The zero-order valence-electron chi connectivity index (χ0n) is 17.0. The van der Waals surface area contributed by atoms with Crippen molar-refractivity contribution in [1.29, 1.82) is 0 Å². The molecular weight excluding hydrogens is 400 g/mol. The van der Waals surface area contributed by atoms with Gasteiger partial charge in [-0.05, 0) is 19.3 Å². The van der Waals surface area contributed by atoms with Gasteiger partial charge in [-0.15, -0.1) is 0 Å². The van der Waals surface area contributed by atoms with Gasteiger partial charge in [-0.2, -0.15) is 0 Å². The highest BCUT2D eigenvalue weighted by molar-refractivity contribution is 7.92. The van der Waals surface area contributed by atoms with Gasteiger partial charge in [-0.1, -0.05) is 19.8 Å². The van der Waals surface area contributed by atoms with E-state index in [1.54, 1.807) is 0 Å². The fourth-order valence-electron chi connectivity index (χ4n) is 3.61. The molecule has 1 aromatic heterocycles. The summed E-state index contributed by atoms with van der Waals surface area (Å²) in [6, 6.07) is 0. The molecule has 1 aliphatic rings.